The lowest BCUT2D eigenvalue weighted by Crippen LogP contribution is -2.43. The van der Waals surface area contributed by atoms with Crippen LogP contribution in [-0.2, 0) is 19.0 Å². The summed E-state index contributed by atoms with van der Waals surface area (Å²) in [5.74, 6) is -1.23. The maximum absolute atomic E-state index is 12.5. The predicted octanol–water partition coefficient (Wildman–Crippen LogP) is -0.829. The van der Waals surface area contributed by atoms with Crippen molar-refractivity contribution in [3.63, 3.8) is 0 Å². The van der Waals surface area contributed by atoms with Crippen molar-refractivity contribution < 1.29 is 28.9 Å². The van der Waals surface area contributed by atoms with Crippen molar-refractivity contribution in [2.75, 3.05) is 13.2 Å². The number of carbonyl (C=O) groups excluding carboxylic acids is 2. The Kier molecular flexibility index (Phi) is 5.89. The van der Waals surface area contributed by atoms with Gasteiger partial charge in [-0.15, -0.1) is 0 Å². The van der Waals surface area contributed by atoms with E-state index in [2.05, 4.69) is 10.3 Å². The van der Waals surface area contributed by atoms with Crippen LogP contribution in [0.4, 0.5) is 0 Å². The largest absolute Gasteiger partial charge is 0.493 e. The molecule has 4 atom stereocenters. The molecule has 0 aromatic carbocycles. The lowest BCUT2D eigenvalue weighted by Gasteiger charge is -2.24. The first-order valence-electron chi connectivity index (χ1n) is 9.12. The van der Waals surface area contributed by atoms with E-state index in [1.54, 1.807) is 6.26 Å². The third kappa shape index (κ3) is 4.57. The first-order chi connectivity index (χ1) is 13.7. The molecule has 1 aromatic heterocycles. The van der Waals surface area contributed by atoms with Gasteiger partial charge in [0.05, 0.1) is 19.4 Å². The third-order valence-corrected chi connectivity index (χ3v) is 4.82. The summed E-state index contributed by atoms with van der Waals surface area (Å²) < 4.78 is 17.1. The maximum Gasteiger partial charge on any atom is 0.330 e. The van der Waals surface area contributed by atoms with Crippen LogP contribution in [0.15, 0.2) is 28.1 Å². The molecule has 2 aliphatic rings. The van der Waals surface area contributed by atoms with Crippen LogP contribution in [0.3, 0.4) is 0 Å². The second kappa shape index (κ2) is 8.21. The molecule has 11 nitrogen and oxygen atoms in total. The molecule has 1 aromatic rings. The number of rotatable bonds is 6. The topological polar surface area (TPSA) is 149 Å². The van der Waals surface area contributed by atoms with Gasteiger partial charge in [0, 0.05) is 26.0 Å². The molecule has 1 amide bonds. The number of nitrogens with zero attached hydrogens (tertiary/aromatic N) is 1. The normalized spacial score (nSPS) is 28.2. The van der Waals surface area contributed by atoms with Crippen molar-refractivity contribution in [3.8, 4) is 0 Å². The number of aliphatic hydroxyl groups is 1. The monoisotopic (exact) mass is 409 g/mol. The number of ether oxygens (including phenoxy) is 3. The van der Waals surface area contributed by atoms with E-state index in [1.165, 1.54) is 6.92 Å². The van der Waals surface area contributed by atoms with Gasteiger partial charge in [-0.05, 0) is 13.0 Å². The van der Waals surface area contributed by atoms with Gasteiger partial charge in [-0.2, -0.15) is 0 Å². The summed E-state index contributed by atoms with van der Waals surface area (Å²) in [6.45, 7) is 2.78. The summed E-state index contributed by atoms with van der Waals surface area (Å²) in [5, 5.41) is 12.1. The number of aromatic nitrogens is 2. The number of aromatic amines is 1. The van der Waals surface area contributed by atoms with E-state index in [4.69, 9.17) is 14.2 Å². The van der Waals surface area contributed by atoms with Crippen molar-refractivity contribution in [3.05, 3.63) is 44.9 Å². The highest BCUT2D eigenvalue weighted by Gasteiger charge is 2.39. The number of amides is 1. The van der Waals surface area contributed by atoms with Gasteiger partial charge in [-0.25, -0.2) is 4.79 Å². The number of hydrogen-bond donors (Lipinski definition) is 3. The van der Waals surface area contributed by atoms with Gasteiger partial charge in [0.15, 0.2) is 0 Å². The van der Waals surface area contributed by atoms with Gasteiger partial charge in [0.1, 0.15) is 29.6 Å². The van der Waals surface area contributed by atoms with E-state index in [0.29, 0.717) is 6.42 Å². The fourth-order valence-electron chi connectivity index (χ4n) is 3.27. The second-order valence-electron chi connectivity index (χ2n) is 7.23. The van der Waals surface area contributed by atoms with Crippen LogP contribution < -0.4 is 16.6 Å². The number of nitrogens with one attached hydrogen (secondary N) is 2. The first-order valence-corrected chi connectivity index (χ1v) is 9.12. The molecule has 0 unspecified atom stereocenters. The van der Waals surface area contributed by atoms with Crippen molar-refractivity contribution in [2.24, 2.45) is 0 Å². The minimum Gasteiger partial charge on any atom is -0.493 e. The molecule has 0 saturated carbocycles. The Morgan fingerprint density at radius 1 is 1.45 bits per heavy atom. The lowest BCUT2D eigenvalue weighted by atomic mass is 10.0. The standard InChI is InChI=1S/C18H23N3O8/c1-10(23)28-12-6-14(29-13(12)8-22)21-7-11(16(25)20-17(21)26)15(24)19-9-18(2)4-3-5-27-18/h3,5,7,12-14,22H,4,6,8-9H2,1-2H3,(H,19,24)(H,20,25,26)/t12-,13+,14+,18+/m0/s1. The zero-order valence-corrected chi connectivity index (χ0v) is 16.0. The summed E-state index contributed by atoms with van der Waals surface area (Å²) in [5.41, 5.74) is -2.50. The van der Waals surface area contributed by atoms with Crippen LogP contribution in [0.5, 0.6) is 0 Å². The van der Waals surface area contributed by atoms with Crippen LogP contribution in [0.25, 0.3) is 0 Å². The Bertz CT molecular complexity index is 926. The zero-order chi connectivity index (χ0) is 21.2. The van der Waals surface area contributed by atoms with Gasteiger partial charge in [-0.3, -0.25) is 23.9 Å². The van der Waals surface area contributed by atoms with E-state index >= 15 is 0 Å². The minimum atomic E-state index is -0.924. The molecule has 3 heterocycles. The highest BCUT2D eigenvalue weighted by atomic mass is 16.6. The molecule has 3 N–H and O–H groups in total. The number of H-pyrrole nitrogens is 1. The fourth-order valence-corrected chi connectivity index (χ4v) is 3.27. The second-order valence-corrected chi connectivity index (χ2v) is 7.23. The lowest BCUT2D eigenvalue weighted by molar-refractivity contribution is -0.150. The zero-order valence-electron chi connectivity index (χ0n) is 16.0. The van der Waals surface area contributed by atoms with Crippen LogP contribution in [0.2, 0.25) is 0 Å². The van der Waals surface area contributed by atoms with Crippen LogP contribution in [0, 0.1) is 0 Å². The predicted molar refractivity (Wildman–Crippen MR) is 98.1 cm³/mol. The van der Waals surface area contributed by atoms with Gasteiger partial charge in [0.25, 0.3) is 11.5 Å². The quantitative estimate of drug-likeness (QED) is 0.516. The van der Waals surface area contributed by atoms with Crippen LogP contribution in [0.1, 0.15) is 43.3 Å². The molecule has 158 valence electrons. The number of hydrogen-bond acceptors (Lipinski definition) is 8. The Morgan fingerprint density at radius 3 is 2.83 bits per heavy atom. The summed E-state index contributed by atoms with van der Waals surface area (Å²) in [7, 11) is 0. The van der Waals surface area contributed by atoms with Crippen molar-refractivity contribution in [1.29, 1.82) is 0 Å². The van der Waals surface area contributed by atoms with E-state index in [0.717, 1.165) is 10.8 Å². The Balaban J connectivity index is 1.79. The van der Waals surface area contributed by atoms with Gasteiger partial charge in [0.2, 0.25) is 0 Å². The minimum absolute atomic E-state index is 0.0788. The molecule has 0 bridgehead atoms. The van der Waals surface area contributed by atoms with E-state index in [1.807, 2.05) is 13.0 Å². The van der Waals surface area contributed by atoms with Crippen LogP contribution >= 0.6 is 0 Å². The summed E-state index contributed by atoms with van der Waals surface area (Å²) >= 11 is 0. The molecule has 0 spiro atoms. The molecule has 2 aliphatic heterocycles. The van der Waals surface area contributed by atoms with Crippen molar-refractivity contribution in [1.82, 2.24) is 14.9 Å². The summed E-state index contributed by atoms with van der Waals surface area (Å²) in [6.07, 6.45) is 2.66. The number of esters is 1. The SMILES string of the molecule is CC(=O)O[C@H]1C[C@H](n2cc(C(=O)NC[C@@]3(C)CC=CO3)c(=O)[nH]c2=O)O[C@@H]1CO. The van der Waals surface area contributed by atoms with E-state index in [-0.39, 0.29) is 18.5 Å². The van der Waals surface area contributed by atoms with Crippen molar-refractivity contribution in [2.45, 2.75) is 50.7 Å². The Morgan fingerprint density at radius 2 is 2.21 bits per heavy atom. The van der Waals surface area contributed by atoms with Crippen LogP contribution in [-0.4, -0.2) is 57.5 Å². The number of aliphatic hydroxyl groups excluding tert-OH is 1. The first kappa shape index (κ1) is 20.8. The molecule has 3 rings (SSSR count). The molecule has 0 radical (unpaired) electrons. The molecular formula is C18H23N3O8. The highest BCUT2D eigenvalue weighted by molar-refractivity contribution is 5.93. The highest BCUT2D eigenvalue weighted by Crippen LogP contribution is 2.29. The molecule has 11 heteroatoms. The molecule has 1 fully saturated rings. The van der Waals surface area contributed by atoms with E-state index < -0.39 is 53.8 Å². The Hall–Kier alpha value is -2.92. The third-order valence-electron chi connectivity index (χ3n) is 4.82. The van der Waals surface area contributed by atoms with E-state index in [9.17, 15) is 24.3 Å². The smallest absolute Gasteiger partial charge is 0.330 e. The summed E-state index contributed by atoms with van der Waals surface area (Å²) in [6, 6.07) is 0. The Labute approximate surface area is 165 Å². The van der Waals surface area contributed by atoms with Gasteiger partial charge >= 0.3 is 11.7 Å². The summed E-state index contributed by atoms with van der Waals surface area (Å²) in [4.78, 5) is 50.2. The van der Waals surface area contributed by atoms with Gasteiger partial charge in [-0.1, -0.05) is 0 Å². The molecule has 1 saturated heterocycles. The van der Waals surface area contributed by atoms with Gasteiger partial charge < -0.3 is 24.6 Å². The maximum atomic E-state index is 12.5. The number of carbonyl (C=O) groups is 2. The average Bonchev–Trinajstić information content (AvgIpc) is 3.26. The molecule has 29 heavy (non-hydrogen) atoms. The van der Waals surface area contributed by atoms with Crippen molar-refractivity contribution >= 4 is 11.9 Å². The fraction of sp³-hybridized carbons (Fsp3) is 0.556. The molecule has 0 aliphatic carbocycles. The average molecular weight is 409 g/mol. The molecular weight excluding hydrogens is 386 g/mol.